The van der Waals surface area contributed by atoms with Gasteiger partial charge in [-0.1, -0.05) is 0 Å². The van der Waals surface area contributed by atoms with Crippen LogP contribution in [0.15, 0.2) is 24.3 Å². The SMILES string of the molecule is CC(=O)c1ccc(N2C(=O)C[C@H](C(C)(C)C(=O)O)C2=O)cc1. The largest absolute Gasteiger partial charge is 0.481 e. The van der Waals surface area contributed by atoms with Gasteiger partial charge in [0.25, 0.3) is 0 Å². The highest BCUT2D eigenvalue weighted by atomic mass is 16.4. The first-order valence-corrected chi connectivity index (χ1v) is 6.87. The fourth-order valence-electron chi connectivity index (χ4n) is 2.46. The van der Waals surface area contributed by atoms with Crippen LogP contribution >= 0.6 is 0 Å². The summed E-state index contributed by atoms with van der Waals surface area (Å²) in [6.45, 7) is 4.30. The van der Waals surface area contributed by atoms with Crippen LogP contribution in [-0.2, 0) is 14.4 Å². The molecule has 0 aliphatic carbocycles. The molecule has 1 aromatic rings. The monoisotopic (exact) mass is 303 g/mol. The van der Waals surface area contributed by atoms with Crippen LogP contribution in [0.3, 0.4) is 0 Å². The molecule has 1 aliphatic rings. The van der Waals surface area contributed by atoms with E-state index in [9.17, 15) is 24.3 Å². The van der Waals surface area contributed by atoms with Gasteiger partial charge >= 0.3 is 5.97 Å². The summed E-state index contributed by atoms with van der Waals surface area (Å²) in [5.41, 5.74) is -0.491. The third-order valence-corrected chi connectivity index (χ3v) is 4.10. The summed E-state index contributed by atoms with van der Waals surface area (Å²) in [6, 6.07) is 6.10. The molecule has 0 unspecified atom stereocenters. The number of carbonyl (C=O) groups excluding carboxylic acids is 3. The van der Waals surface area contributed by atoms with Crippen LogP contribution in [-0.4, -0.2) is 28.7 Å². The number of ketones is 1. The highest BCUT2D eigenvalue weighted by molar-refractivity contribution is 6.22. The van der Waals surface area contributed by atoms with E-state index in [0.717, 1.165) is 4.90 Å². The molecule has 0 bridgehead atoms. The van der Waals surface area contributed by atoms with E-state index in [2.05, 4.69) is 0 Å². The predicted octanol–water partition coefficient (Wildman–Crippen LogP) is 1.88. The first kappa shape index (κ1) is 15.9. The first-order valence-electron chi connectivity index (χ1n) is 6.87. The van der Waals surface area contributed by atoms with Crippen LogP contribution in [0.2, 0.25) is 0 Å². The Balaban J connectivity index is 2.33. The van der Waals surface area contributed by atoms with E-state index in [1.807, 2.05) is 0 Å². The number of amides is 2. The Morgan fingerprint density at radius 3 is 2.18 bits per heavy atom. The summed E-state index contributed by atoms with van der Waals surface area (Å²) in [5, 5.41) is 9.24. The minimum Gasteiger partial charge on any atom is -0.481 e. The normalized spacial score (nSPS) is 18.7. The Hall–Kier alpha value is -2.50. The molecule has 1 fully saturated rings. The van der Waals surface area contributed by atoms with Crippen molar-refractivity contribution in [1.29, 1.82) is 0 Å². The van der Waals surface area contributed by atoms with Gasteiger partial charge in [-0.15, -0.1) is 0 Å². The molecule has 1 heterocycles. The molecule has 6 heteroatoms. The van der Waals surface area contributed by atoms with Crippen LogP contribution < -0.4 is 4.90 Å². The third-order valence-electron chi connectivity index (χ3n) is 4.10. The summed E-state index contributed by atoms with van der Waals surface area (Å²) in [6.07, 6.45) is -0.132. The number of carboxylic acids is 1. The van der Waals surface area contributed by atoms with E-state index < -0.39 is 29.1 Å². The number of carbonyl (C=O) groups is 4. The Kier molecular flexibility index (Phi) is 3.87. The molecule has 1 aromatic carbocycles. The second-order valence-electron chi connectivity index (χ2n) is 5.95. The van der Waals surface area contributed by atoms with E-state index in [0.29, 0.717) is 11.3 Å². The number of rotatable bonds is 4. The van der Waals surface area contributed by atoms with Crippen LogP contribution in [0.25, 0.3) is 0 Å². The average molecular weight is 303 g/mol. The number of carboxylic acid groups (broad SMARTS) is 1. The van der Waals surface area contributed by atoms with Crippen molar-refractivity contribution in [2.75, 3.05) is 4.90 Å². The van der Waals surface area contributed by atoms with Crippen molar-refractivity contribution in [2.24, 2.45) is 11.3 Å². The zero-order valence-electron chi connectivity index (χ0n) is 12.6. The summed E-state index contributed by atoms with van der Waals surface area (Å²) < 4.78 is 0. The van der Waals surface area contributed by atoms with Crippen molar-refractivity contribution in [2.45, 2.75) is 27.2 Å². The van der Waals surface area contributed by atoms with Gasteiger partial charge in [0, 0.05) is 12.0 Å². The minimum absolute atomic E-state index is 0.115. The number of Topliss-reactive ketones (excluding diaryl/α,β-unsaturated/α-hetero) is 1. The molecule has 1 aliphatic heterocycles. The molecular weight excluding hydrogens is 286 g/mol. The Bertz CT molecular complexity index is 660. The van der Waals surface area contributed by atoms with Gasteiger partial charge in [-0.2, -0.15) is 0 Å². The molecule has 2 amide bonds. The van der Waals surface area contributed by atoms with Crippen molar-refractivity contribution in [1.82, 2.24) is 0 Å². The maximum Gasteiger partial charge on any atom is 0.309 e. The van der Waals surface area contributed by atoms with E-state index >= 15 is 0 Å². The highest BCUT2D eigenvalue weighted by Gasteiger charge is 2.50. The topological polar surface area (TPSA) is 91.8 Å². The number of aliphatic carboxylic acids is 1. The molecule has 22 heavy (non-hydrogen) atoms. The summed E-state index contributed by atoms with van der Waals surface area (Å²) in [5.74, 6) is -3.08. The van der Waals surface area contributed by atoms with Gasteiger partial charge in [0.2, 0.25) is 11.8 Å². The summed E-state index contributed by atoms with van der Waals surface area (Å²) in [7, 11) is 0. The van der Waals surface area contributed by atoms with E-state index in [1.54, 1.807) is 0 Å². The van der Waals surface area contributed by atoms with Crippen molar-refractivity contribution in [3.05, 3.63) is 29.8 Å². The second kappa shape index (κ2) is 5.36. The van der Waals surface area contributed by atoms with E-state index in [1.165, 1.54) is 45.0 Å². The fraction of sp³-hybridized carbons (Fsp3) is 0.375. The summed E-state index contributed by atoms with van der Waals surface area (Å²) >= 11 is 0. The standard InChI is InChI=1S/C16H17NO5/c1-9(18)10-4-6-11(7-5-10)17-13(19)8-12(14(17)20)16(2,3)15(21)22/h4-7,12H,8H2,1-3H3,(H,21,22)/t12-/m0/s1. The lowest BCUT2D eigenvalue weighted by atomic mass is 9.78. The zero-order chi connectivity index (χ0) is 16.7. The van der Waals surface area contributed by atoms with Crippen molar-refractivity contribution in [3.8, 4) is 0 Å². The second-order valence-corrected chi connectivity index (χ2v) is 5.95. The summed E-state index contributed by atoms with van der Waals surface area (Å²) in [4.78, 5) is 48.1. The number of anilines is 1. The number of imide groups is 1. The molecule has 2 rings (SSSR count). The molecular formula is C16H17NO5. The molecule has 1 N–H and O–H groups in total. The average Bonchev–Trinajstić information content (AvgIpc) is 2.74. The Morgan fingerprint density at radius 2 is 1.73 bits per heavy atom. The maximum absolute atomic E-state index is 12.5. The van der Waals surface area contributed by atoms with E-state index in [4.69, 9.17) is 0 Å². The first-order chi connectivity index (χ1) is 10.2. The molecule has 1 atom stereocenters. The lowest BCUT2D eigenvalue weighted by molar-refractivity contribution is -0.152. The molecule has 116 valence electrons. The van der Waals surface area contributed by atoms with Gasteiger partial charge in [0.1, 0.15) is 0 Å². The molecule has 0 spiro atoms. The smallest absolute Gasteiger partial charge is 0.309 e. The molecule has 6 nitrogen and oxygen atoms in total. The number of benzene rings is 1. The quantitative estimate of drug-likeness (QED) is 0.677. The van der Waals surface area contributed by atoms with Crippen molar-refractivity contribution < 1.29 is 24.3 Å². The molecule has 0 aromatic heterocycles. The molecule has 0 radical (unpaired) electrons. The number of hydrogen-bond acceptors (Lipinski definition) is 4. The Labute approximate surface area is 127 Å². The fourth-order valence-corrected chi connectivity index (χ4v) is 2.46. The van der Waals surface area contributed by atoms with E-state index in [-0.39, 0.29) is 12.2 Å². The van der Waals surface area contributed by atoms with Gasteiger partial charge in [-0.3, -0.25) is 24.1 Å². The lowest BCUT2D eigenvalue weighted by Gasteiger charge is -2.25. The van der Waals surface area contributed by atoms with Crippen molar-refractivity contribution in [3.63, 3.8) is 0 Å². The van der Waals surface area contributed by atoms with Gasteiger partial charge in [0.15, 0.2) is 5.78 Å². The minimum atomic E-state index is -1.32. The number of hydrogen-bond donors (Lipinski definition) is 1. The van der Waals surface area contributed by atoms with Crippen molar-refractivity contribution >= 4 is 29.3 Å². The van der Waals surface area contributed by atoms with Crippen LogP contribution in [0.1, 0.15) is 37.6 Å². The predicted molar refractivity (Wildman–Crippen MR) is 78.5 cm³/mol. The van der Waals surface area contributed by atoms with Gasteiger partial charge in [0.05, 0.1) is 17.0 Å². The highest BCUT2D eigenvalue weighted by Crippen LogP contribution is 2.38. The van der Waals surface area contributed by atoms with Gasteiger partial charge in [-0.25, -0.2) is 0 Å². The van der Waals surface area contributed by atoms with Crippen LogP contribution in [0.4, 0.5) is 5.69 Å². The van der Waals surface area contributed by atoms with Crippen LogP contribution in [0.5, 0.6) is 0 Å². The van der Waals surface area contributed by atoms with Gasteiger partial charge < -0.3 is 5.11 Å². The molecule has 1 saturated heterocycles. The van der Waals surface area contributed by atoms with Crippen LogP contribution in [0, 0.1) is 11.3 Å². The maximum atomic E-state index is 12.5. The number of nitrogens with zero attached hydrogens (tertiary/aromatic N) is 1. The lowest BCUT2D eigenvalue weighted by Crippen LogP contribution is -2.39. The van der Waals surface area contributed by atoms with Gasteiger partial charge in [-0.05, 0) is 45.0 Å². The third kappa shape index (κ3) is 2.52. The zero-order valence-corrected chi connectivity index (χ0v) is 12.6. The Morgan fingerprint density at radius 1 is 1.18 bits per heavy atom. The molecule has 0 saturated carbocycles.